The smallest absolute Gasteiger partial charge is 0.237 e. The van der Waals surface area contributed by atoms with E-state index in [1.807, 2.05) is 38.1 Å². The molecule has 20 heavy (non-hydrogen) atoms. The van der Waals surface area contributed by atoms with Crippen molar-refractivity contribution in [2.75, 3.05) is 13.2 Å². The van der Waals surface area contributed by atoms with E-state index in [2.05, 4.69) is 12.2 Å². The van der Waals surface area contributed by atoms with Gasteiger partial charge >= 0.3 is 0 Å². The topological polar surface area (TPSA) is 64.3 Å². The minimum Gasteiger partial charge on any atom is -0.494 e. The normalized spacial score (nSPS) is 13.8. The second-order valence-corrected chi connectivity index (χ2v) is 5.35. The third kappa shape index (κ3) is 5.21. The number of primary amides is 1. The number of unbranched alkanes of at least 4 members (excludes halogenated alkanes) is 1. The molecule has 112 valence electrons. The zero-order valence-electron chi connectivity index (χ0n) is 12.7. The van der Waals surface area contributed by atoms with E-state index in [4.69, 9.17) is 10.5 Å². The van der Waals surface area contributed by atoms with Gasteiger partial charge in [-0.05, 0) is 51.8 Å². The largest absolute Gasteiger partial charge is 0.494 e. The monoisotopic (exact) mass is 278 g/mol. The minimum atomic E-state index is -0.612. The van der Waals surface area contributed by atoms with Gasteiger partial charge in [0.2, 0.25) is 5.91 Å². The average Bonchev–Trinajstić information content (AvgIpc) is 2.40. The predicted octanol–water partition coefficient (Wildman–Crippen LogP) is 2.40. The highest BCUT2D eigenvalue weighted by atomic mass is 16.5. The molecule has 0 spiro atoms. The van der Waals surface area contributed by atoms with Crippen LogP contribution in [0.3, 0.4) is 0 Å². The lowest BCUT2D eigenvalue weighted by molar-refractivity contribution is -0.124. The quantitative estimate of drug-likeness (QED) is 0.682. The maximum absolute atomic E-state index is 11.5. The van der Waals surface area contributed by atoms with Crippen molar-refractivity contribution < 1.29 is 9.53 Å². The van der Waals surface area contributed by atoms with Crippen molar-refractivity contribution in [1.82, 2.24) is 5.32 Å². The van der Waals surface area contributed by atoms with Crippen LogP contribution in [0.1, 0.15) is 38.7 Å². The van der Waals surface area contributed by atoms with Crippen LogP contribution in [0.15, 0.2) is 24.3 Å². The van der Waals surface area contributed by atoms with Crippen molar-refractivity contribution >= 4 is 5.91 Å². The first-order valence-corrected chi connectivity index (χ1v) is 7.22. The van der Waals surface area contributed by atoms with E-state index in [9.17, 15) is 4.79 Å². The van der Waals surface area contributed by atoms with Gasteiger partial charge in [-0.15, -0.1) is 0 Å². The molecule has 1 amide bonds. The van der Waals surface area contributed by atoms with Crippen LogP contribution in [-0.4, -0.2) is 24.6 Å². The number of hydrogen-bond donors (Lipinski definition) is 2. The Balaban J connectivity index is 2.27. The summed E-state index contributed by atoms with van der Waals surface area (Å²) in [6.45, 7) is 7.28. The average molecular weight is 278 g/mol. The standard InChI is InChI=1S/C16H26N2O2/c1-4-18-16(3,15(17)19)11-5-6-12-20-14-9-7-13(2)8-10-14/h7-10,18H,4-6,11-12H2,1-3H3,(H2,17,19). The van der Waals surface area contributed by atoms with Crippen molar-refractivity contribution in [2.24, 2.45) is 5.73 Å². The molecular formula is C16H26N2O2. The molecule has 4 nitrogen and oxygen atoms in total. The third-order valence-electron chi connectivity index (χ3n) is 3.47. The maximum Gasteiger partial charge on any atom is 0.237 e. The lowest BCUT2D eigenvalue weighted by atomic mass is 9.94. The SMILES string of the molecule is CCNC(C)(CCCCOc1ccc(C)cc1)C(N)=O. The second kappa shape index (κ2) is 7.90. The second-order valence-electron chi connectivity index (χ2n) is 5.35. The molecule has 3 N–H and O–H groups in total. The van der Waals surface area contributed by atoms with Crippen LogP contribution in [0.2, 0.25) is 0 Å². The Labute approximate surface area is 121 Å². The van der Waals surface area contributed by atoms with Gasteiger partial charge in [0.1, 0.15) is 5.75 Å². The fraction of sp³-hybridized carbons (Fsp3) is 0.562. The van der Waals surface area contributed by atoms with Crippen LogP contribution in [0.4, 0.5) is 0 Å². The van der Waals surface area contributed by atoms with Crippen LogP contribution in [0.5, 0.6) is 5.75 Å². The Bertz CT molecular complexity index is 417. The molecule has 0 aliphatic rings. The first-order valence-electron chi connectivity index (χ1n) is 7.22. The van der Waals surface area contributed by atoms with Crippen molar-refractivity contribution in [2.45, 2.75) is 45.6 Å². The van der Waals surface area contributed by atoms with Gasteiger partial charge in [-0.1, -0.05) is 24.6 Å². The number of benzene rings is 1. The molecule has 1 unspecified atom stereocenters. The summed E-state index contributed by atoms with van der Waals surface area (Å²) in [7, 11) is 0. The molecule has 0 saturated carbocycles. The Morgan fingerprint density at radius 3 is 2.50 bits per heavy atom. The van der Waals surface area contributed by atoms with Crippen LogP contribution >= 0.6 is 0 Å². The molecule has 0 aliphatic heterocycles. The molecule has 1 aromatic rings. The summed E-state index contributed by atoms with van der Waals surface area (Å²) in [5, 5.41) is 3.16. The fourth-order valence-electron chi connectivity index (χ4n) is 2.09. The first-order chi connectivity index (χ1) is 9.48. The molecule has 1 atom stereocenters. The van der Waals surface area contributed by atoms with Gasteiger partial charge in [0, 0.05) is 0 Å². The molecule has 0 radical (unpaired) electrons. The third-order valence-corrected chi connectivity index (χ3v) is 3.47. The predicted molar refractivity (Wildman–Crippen MR) is 81.8 cm³/mol. The summed E-state index contributed by atoms with van der Waals surface area (Å²) in [5.41, 5.74) is 6.05. The molecule has 0 heterocycles. The van der Waals surface area contributed by atoms with Crippen molar-refractivity contribution in [1.29, 1.82) is 0 Å². The molecule has 0 fully saturated rings. The molecule has 1 rings (SSSR count). The van der Waals surface area contributed by atoms with E-state index in [-0.39, 0.29) is 5.91 Å². The van der Waals surface area contributed by atoms with E-state index in [0.29, 0.717) is 6.61 Å². The Morgan fingerprint density at radius 1 is 1.30 bits per heavy atom. The Hall–Kier alpha value is -1.55. The Morgan fingerprint density at radius 2 is 1.95 bits per heavy atom. The van der Waals surface area contributed by atoms with Gasteiger partial charge in [-0.3, -0.25) is 4.79 Å². The van der Waals surface area contributed by atoms with E-state index in [0.717, 1.165) is 31.6 Å². The lowest BCUT2D eigenvalue weighted by Crippen LogP contribution is -2.53. The number of rotatable bonds is 9. The van der Waals surface area contributed by atoms with Crippen LogP contribution < -0.4 is 15.8 Å². The first kappa shape index (κ1) is 16.5. The van der Waals surface area contributed by atoms with Crippen LogP contribution in [0, 0.1) is 6.92 Å². The highest BCUT2D eigenvalue weighted by Gasteiger charge is 2.28. The maximum atomic E-state index is 11.5. The van der Waals surface area contributed by atoms with E-state index < -0.39 is 5.54 Å². The van der Waals surface area contributed by atoms with E-state index in [1.54, 1.807) is 0 Å². The zero-order chi connectivity index (χ0) is 15.0. The van der Waals surface area contributed by atoms with Gasteiger partial charge < -0.3 is 15.8 Å². The number of nitrogens with one attached hydrogen (secondary N) is 1. The number of nitrogens with two attached hydrogens (primary N) is 1. The Kier molecular flexibility index (Phi) is 6.52. The highest BCUT2D eigenvalue weighted by molar-refractivity contribution is 5.84. The number of aryl methyl sites for hydroxylation is 1. The summed E-state index contributed by atoms with van der Waals surface area (Å²) in [4.78, 5) is 11.5. The summed E-state index contributed by atoms with van der Waals surface area (Å²) < 4.78 is 5.66. The number of ether oxygens (including phenoxy) is 1. The van der Waals surface area contributed by atoms with Crippen LogP contribution in [0.25, 0.3) is 0 Å². The van der Waals surface area contributed by atoms with Gasteiger partial charge in [-0.2, -0.15) is 0 Å². The molecule has 0 aliphatic carbocycles. The van der Waals surface area contributed by atoms with Crippen molar-refractivity contribution in [3.05, 3.63) is 29.8 Å². The van der Waals surface area contributed by atoms with Gasteiger partial charge in [0.15, 0.2) is 0 Å². The summed E-state index contributed by atoms with van der Waals surface area (Å²) in [6.07, 6.45) is 2.54. The van der Waals surface area contributed by atoms with Gasteiger partial charge in [-0.25, -0.2) is 0 Å². The number of hydrogen-bond acceptors (Lipinski definition) is 3. The molecule has 0 saturated heterocycles. The fourth-order valence-corrected chi connectivity index (χ4v) is 2.09. The minimum absolute atomic E-state index is 0.293. The summed E-state index contributed by atoms with van der Waals surface area (Å²) in [5.74, 6) is 0.596. The van der Waals surface area contributed by atoms with E-state index in [1.165, 1.54) is 5.56 Å². The molecule has 0 bridgehead atoms. The number of carbonyl (C=O) groups is 1. The molecule has 0 aromatic heterocycles. The van der Waals surface area contributed by atoms with Crippen molar-refractivity contribution in [3.8, 4) is 5.75 Å². The number of likely N-dealkylation sites (N-methyl/N-ethyl adjacent to an activating group) is 1. The summed E-state index contributed by atoms with van der Waals surface area (Å²) >= 11 is 0. The molecule has 4 heteroatoms. The molecular weight excluding hydrogens is 252 g/mol. The van der Waals surface area contributed by atoms with Gasteiger partial charge in [0.05, 0.1) is 12.1 Å². The van der Waals surface area contributed by atoms with Gasteiger partial charge in [0.25, 0.3) is 0 Å². The summed E-state index contributed by atoms with van der Waals surface area (Å²) in [6, 6.07) is 8.01. The molecule has 1 aromatic carbocycles. The number of carbonyl (C=O) groups excluding carboxylic acids is 1. The number of amides is 1. The van der Waals surface area contributed by atoms with E-state index >= 15 is 0 Å². The van der Waals surface area contributed by atoms with Crippen LogP contribution in [-0.2, 0) is 4.79 Å². The highest BCUT2D eigenvalue weighted by Crippen LogP contribution is 2.15. The zero-order valence-corrected chi connectivity index (χ0v) is 12.7. The van der Waals surface area contributed by atoms with Crippen molar-refractivity contribution in [3.63, 3.8) is 0 Å². The lowest BCUT2D eigenvalue weighted by Gasteiger charge is -2.26.